The van der Waals surface area contributed by atoms with E-state index >= 15 is 0 Å². The number of nitrogens with zero attached hydrogens (tertiary/aromatic N) is 5. The van der Waals surface area contributed by atoms with E-state index in [0.29, 0.717) is 18.9 Å². The third kappa shape index (κ3) is 4.69. The summed E-state index contributed by atoms with van der Waals surface area (Å²) in [6.45, 7) is 3.95. The summed E-state index contributed by atoms with van der Waals surface area (Å²) < 4.78 is 9.34. The van der Waals surface area contributed by atoms with Gasteiger partial charge in [0.25, 0.3) is 0 Å². The lowest BCUT2D eigenvalue weighted by Crippen LogP contribution is -2.39. The molecule has 1 atom stereocenters. The lowest BCUT2D eigenvalue weighted by molar-refractivity contribution is -0.132. The van der Waals surface area contributed by atoms with Crippen molar-refractivity contribution in [2.75, 3.05) is 26.8 Å². The van der Waals surface area contributed by atoms with Crippen LogP contribution in [0.1, 0.15) is 37.4 Å². The minimum absolute atomic E-state index is 0.250. The monoisotopic (exact) mass is 345 g/mol. The minimum atomic E-state index is 0.250. The first-order chi connectivity index (χ1) is 12.3. The maximum absolute atomic E-state index is 12.6. The van der Waals surface area contributed by atoms with Crippen LogP contribution in [-0.4, -0.2) is 56.7 Å². The van der Waals surface area contributed by atoms with Crippen molar-refractivity contribution < 1.29 is 9.53 Å². The molecule has 0 N–H and O–H groups in total. The molecular formula is C18H27N5O2. The Bertz CT molecular complexity index is 652. The van der Waals surface area contributed by atoms with Gasteiger partial charge in [0.15, 0.2) is 0 Å². The van der Waals surface area contributed by atoms with Gasteiger partial charge < -0.3 is 18.8 Å². The average molecular weight is 345 g/mol. The van der Waals surface area contributed by atoms with Crippen LogP contribution in [0.2, 0.25) is 0 Å². The summed E-state index contributed by atoms with van der Waals surface area (Å²) in [7, 11) is 1.71. The first kappa shape index (κ1) is 17.7. The highest BCUT2D eigenvalue weighted by atomic mass is 16.5. The zero-order chi connectivity index (χ0) is 17.5. The predicted octanol–water partition coefficient (Wildman–Crippen LogP) is 1.91. The molecule has 0 spiro atoms. The van der Waals surface area contributed by atoms with E-state index in [-0.39, 0.29) is 5.91 Å². The summed E-state index contributed by atoms with van der Waals surface area (Å²) in [5, 5.41) is 0. The Morgan fingerprint density at radius 3 is 3.04 bits per heavy atom. The number of rotatable bonds is 8. The fourth-order valence-corrected chi connectivity index (χ4v) is 3.46. The van der Waals surface area contributed by atoms with Gasteiger partial charge in [-0.25, -0.2) is 9.97 Å². The second kappa shape index (κ2) is 8.80. The number of carbonyl (C=O) groups is 1. The molecule has 1 aliphatic heterocycles. The van der Waals surface area contributed by atoms with Gasteiger partial charge in [0, 0.05) is 70.4 Å². The van der Waals surface area contributed by atoms with Crippen LogP contribution < -0.4 is 0 Å². The van der Waals surface area contributed by atoms with E-state index < -0.39 is 0 Å². The second-order valence-corrected chi connectivity index (χ2v) is 6.55. The van der Waals surface area contributed by atoms with E-state index in [0.717, 1.165) is 51.3 Å². The fourth-order valence-electron chi connectivity index (χ4n) is 3.46. The van der Waals surface area contributed by atoms with Gasteiger partial charge in [0.05, 0.1) is 12.9 Å². The molecule has 3 rings (SSSR count). The van der Waals surface area contributed by atoms with Gasteiger partial charge in [-0.15, -0.1) is 0 Å². The number of piperidine rings is 1. The van der Waals surface area contributed by atoms with Crippen molar-refractivity contribution in [1.29, 1.82) is 0 Å². The number of carbonyl (C=O) groups excluding carboxylic acids is 1. The van der Waals surface area contributed by atoms with Crippen LogP contribution in [0.5, 0.6) is 0 Å². The molecule has 1 amide bonds. The summed E-state index contributed by atoms with van der Waals surface area (Å²) in [5.74, 6) is 1.64. The molecule has 136 valence electrons. The Balaban J connectivity index is 1.52. The van der Waals surface area contributed by atoms with E-state index in [4.69, 9.17) is 4.74 Å². The van der Waals surface area contributed by atoms with E-state index in [2.05, 4.69) is 14.5 Å². The SMILES string of the molecule is COCCn1ccnc1C1CCCN(C(=O)CCCn2ccnc2)C1. The van der Waals surface area contributed by atoms with E-state index in [9.17, 15) is 4.79 Å². The number of imidazole rings is 2. The van der Waals surface area contributed by atoms with Gasteiger partial charge >= 0.3 is 0 Å². The molecule has 0 saturated carbocycles. The number of amides is 1. The third-order valence-electron chi connectivity index (χ3n) is 4.79. The Hall–Kier alpha value is -2.15. The van der Waals surface area contributed by atoms with Gasteiger partial charge in [-0.1, -0.05) is 0 Å². The maximum atomic E-state index is 12.6. The number of methoxy groups -OCH3 is 1. The van der Waals surface area contributed by atoms with Crippen LogP contribution in [0.25, 0.3) is 0 Å². The highest BCUT2D eigenvalue weighted by Crippen LogP contribution is 2.26. The Kier molecular flexibility index (Phi) is 6.22. The van der Waals surface area contributed by atoms with Crippen LogP contribution in [0.15, 0.2) is 31.1 Å². The largest absolute Gasteiger partial charge is 0.383 e. The molecule has 25 heavy (non-hydrogen) atoms. The summed E-state index contributed by atoms with van der Waals surface area (Å²) in [5.41, 5.74) is 0. The zero-order valence-electron chi connectivity index (χ0n) is 14.9. The van der Waals surface area contributed by atoms with Crippen LogP contribution >= 0.6 is 0 Å². The first-order valence-electron chi connectivity index (χ1n) is 9.01. The lowest BCUT2D eigenvalue weighted by Gasteiger charge is -2.33. The molecule has 7 nitrogen and oxygen atoms in total. The average Bonchev–Trinajstić information content (AvgIpc) is 3.31. The highest BCUT2D eigenvalue weighted by Gasteiger charge is 2.27. The van der Waals surface area contributed by atoms with Crippen LogP contribution in [0.4, 0.5) is 0 Å². The van der Waals surface area contributed by atoms with E-state index in [1.54, 1.807) is 19.6 Å². The molecule has 1 aliphatic rings. The number of ether oxygens (including phenoxy) is 1. The number of hydrogen-bond acceptors (Lipinski definition) is 4. The maximum Gasteiger partial charge on any atom is 0.222 e. The normalized spacial score (nSPS) is 17.8. The Labute approximate surface area is 148 Å². The van der Waals surface area contributed by atoms with Crippen LogP contribution in [0, 0.1) is 0 Å². The summed E-state index contributed by atoms with van der Waals surface area (Å²) in [6.07, 6.45) is 12.9. The van der Waals surface area contributed by atoms with Gasteiger partial charge in [0.1, 0.15) is 5.82 Å². The second-order valence-electron chi connectivity index (χ2n) is 6.55. The zero-order valence-corrected chi connectivity index (χ0v) is 14.9. The number of aryl methyl sites for hydroxylation is 1. The molecule has 3 heterocycles. The van der Waals surface area contributed by atoms with Crippen molar-refractivity contribution in [3.63, 3.8) is 0 Å². The molecule has 2 aromatic heterocycles. The molecule has 0 aromatic carbocycles. The van der Waals surface area contributed by atoms with Crippen LogP contribution in [0.3, 0.4) is 0 Å². The van der Waals surface area contributed by atoms with Crippen molar-refractivity contribution in [3.05, 3.63) is 36.9 Å². The Morgan fingerprint density at radius 1 is 1.32 bits per heavy atom. The highest BCUT2D eigenvalue weighted by molar-refractivity contribution is 5.76. The molecule has 1 unspecified atom stereocenters. The van der Waals surface area contributed by atoms with Crippen molar-refractivity contribution >= 4 is 5.91 Å². The predicted molar refractivity (Wildman–Crippen MR) is 94.1 cm³/mol. The quantitative estimate of drug-likeness (QED) is 0.733. The van der Waals surface area contributed by atoms with Crippen molar-refractivity contribution in [2.24, 2.45) is 0 Å². The molecule has 2 aromatic rings. The van der Waals surface area contributed by atoms with Crippen LogP contribution in [-0.2, 0) is 22.6 Å². The number of likely N-dealkylation sites (tertiary alicyclic amines) is 1. The van der Waals surface area contributed by atoms with Gasteiger partial charge in [-0.3, -0.25) is 4.79 Å². The minimum Gasteiger partial charge on any atom is -0.383 e. The fraction of sp³-hybridized carbons (Fsp3) is 0.611. The molecule has 1 saturated heterocycles. The number of aromatic nitrogens is 4. The van der Waals surface area contributed by atoms with Gasteiger partial charge in [0.2, 0.25) is 5.91 Å². The van der Waals surface area contributed by atoms with Gasteiger partial charge in [-0.05, 0) is 19.3 Å². The van der Waals surface area contributed by atoms with E-state index in [1.165, 1.54) is 0 Å². The number of hydrogen-bond donors (Lipinski definition) is 0. The third-order valence-corrected chi connectivity index (χ3v) is 4.79. The van der Waals surface area contributed by atoms with Crippen molar-refractivity contribution in [3.8, 4) is 0 Å². The Morgan fingerprint density at radius 2 is 2.24 bits per heavy atom. The topological polar surface area (TPSA) is 65.2 Å². The molecule has 0 radical (unpaired) electrons. The molecular weight excluding hydrogens is 318 g/mol. The molecule has 0 bridgehead atoms. The molecule has 1 fully saturated rings. The summed E-state index contributed by atoms with van der Waals surface area (Å²) in [4.78, 5) is 23.1. The smallest absolute Gasteiger partial charge is 0.222 e. The molecule has 7 heteroatoms. The van der Waals surface area contributed by atoms with Crippen molar-refractivity contribution in [2.45, 2.75) is 44.7 Å². The van der Waals surface area contributed by atoms with E-state index in [1.807, 2.05) is 28.1 Å². The van der Waals surface area contributed by atoms with Gasteiger partial charge in [-0.2, -0.15) is 0 Å². The first-order valence-corrected chi connectivity index (χ1v) is 9.01. The molecule has 0 aliphatic carbocycles. The standard InChI is InChI=1S/C18H27N5O2/c1-25-13-12-22-11-7-20-18(22)16-4-2-9-23(14-16)17(24)5-3-8-21-10-6-19-15-21/h6-7,10-11,15-16H,2-5,8-9,12-14H2,1H3. The van der Waals surface area contributed by atoms with Crippen molar-refractivity contribution in [1.82, 2.24) is 24.0 Å². The summed E-state index contributed by atoms with van der Waals surface area (Å²) in [6, 6.07) is 0. The summed E-state index contributed by atoms with van der Waals surface area (Å²) >= 11 is 0. The lowest BCUT2D eigenvalue weighted by atomic mass is 9.96.